The summed E-state index contributed by atoms with van der Waals surface area (Å²) in [6.07, 6.45) is 10.1. The number of rotatable bonds is 1. The van der Waals surface area contributed by atoms with Crippen LogP contribution < -0.4 is 0 Å². The van der Waals surface area contributed by atoms with Crippen molar-refractivity contribution < 1.29 is 0 Å². The zero-order chi connectivity index (χ0) is 7.61. The maximum atomic E-state index is 3.74. The zero-order valence-electron chi connectivity index (χ0n) is 5.43. The second-order valence-electron chi connectivity index (χ2n) is 2.18. The standard InChI is InChI=1S/C8H8Br2/c1-2-8(10)6-4-3-5-7(8)9/h2-7H,1H2. The van der Waals surface area contributed by atoms with Crippen molar-refractivity contribution in [2.24, 2.45) is 0 Å². The van der Waals surface area contributed by atoms with Gasteiger partial charge in [0.1, 0.15) is 0 Å². The lowest BCUT2D eigenvalue weighted by Gasteiger charge is -2.25. The second-order valence-corrected chi connectivity index (χ2v) is 4.54. The van der Waals surface area contributed by atoms with Crippen LogP contribution in [0.1, 0.15) is 0 Å². The molecule has 2 heteroatoms. The normalized spacial score (nSPS) is 38.0. The number of allylic oxidation sites excluding steroid dienone is 5. The molecule has 2 atom stereocenters. The molecule has 1 rings (SSSR count). The Labute approximate surface area is 78.0 Å². The number of hydrogen-bond donors (Lipinski definition) is 0. The fourth-order valence-electron chi connectivity index (χ4n) is 0.785. The highest BCUT2D eigenvalue weighted by atomic mass is 79.9. The molecule has 0 aromatic rings. The number of hydrogen-bond acceptors (Lipinski definition) is 0. The van der Waals surface area contributed by atoms with Crippen molar-refractivity contribution >= 4 is 31.9 Å². The largest absolute Gasteiger partial charge is 0.101 e. The summed E-state index contributed by atoms with van der Waals surface area (Å²) in [6, 6.07) is 0. The highest BCUT2D eigenvalue weighted by Gasteiger charge is 2.27. The highest BCUT2D eigenvalue weighted by molar-refractivity contribution is 9.12. The molecule has 0 saturated carbocycles. The van der Waals surface area contributed by atoms with Gasteiger partial charge in [-0.1, -0.05) is 62.2 Å². The number of alkyl halides is 2. The van der Waals surface area contributed by atoms with Crippen molar-refractivity contribution in [2.75, 3.05) is 0 Å². The molecule has 1 aliphatic carbocycles. The van der Waals surface area contributed by atoms with Crippen molar-refractivity contribution in [2.45, 2.75) is 9.15 Å². The fourth-order valence-corrected chi connectivity index (χ4v) is 1.61. The Balaban J connectivity index is 2.87. The van der Waals surface area contributed by atoms with Gasteiger partial charge in [-0.25, -0.2) is 0 Å². The van der Waals surface area contributed by atoms with Crippen molar-refractivity contribution in [3.63, 3.8) is 0 Å². The maximum Gasteiger partial charge on any atom is 0.0776 e. The first-order valence-corrected chi connectivity index (χ1v) is 4.72. The van der Waals surface area contributed by atoms with Crippen LogP contribution in [0.15, 0.2) is 37.0 Å². The van der Waals surface area contributed by atoms with Gasteiger partial charge in [0.05, 0.1) is 9.15 Å². The molecule has 0 amide bonds. The third kappa shape index (κ3) is 1.43. The molecule has 1 aliphatic rings. The highest BCUT2D eigenvalue weighted by Crippen LogP contribution is 2.33. The lowest BCUT2D eigenvalue weighted by Crippen LogP contribution is -2.26. The maximum absolute atomic E-state index is 3.74. The van der Waals surface area contributed by atoms with E-state index in [1.54, 1.807) is 0 Å². The molecule has 2 unspecified atom stereocenters. The Kier molecular flexibility index (Phi) is 2.53. The molecule has 0 spiro atoms. The van der Waals surface area contributed by atoms with Crippen molar-refractivity contribution in [1.82, 2.24) is 0 Å². The zero-order valence-corrected chi connectivity index (χ0v) is 8.60. The third-order valence-electron chi connectivity index (χ3n) is 1.48. The van der Waals surface area contributed by atoms with E-state index in [1.165, 1.54) is 0 Å². The van der Waals surface area contributed by atoms with Gasteiger partial charge < -0.3 is 0 Å². The first kappa shape index (κ1) is 8.28. The molecule has 0 aromatic carbocycles. The second kappa shape index (κ2) is 3.05. The van der Waals surface area contributed by atoms with Crippen molar-refractivity contribution in [1.29, 1.82) is 0 Å². The average molecular weight is 264 g/mol. The van der Waals surface area contributed by atoms with E-state index in [9.17, 15) is 0 Å². The summed E-state index contributed by atoms with van der Waals surface area (Å²) >= 11 is 7.07. The van der Waals surface area contributed by atoms with Gasteiger partial charge in [0, 0.05) is 0 Å². The summed E-state index contributed by atoms with van der Waals surface area (Å²) in [6.45, 7) is 3.74. The van der Waals surface area contributed by atoms with E-state index in [0.717, 1.165) is 0 Å². The van der Waals surface area contributed by atoms with Gasteiger partial charge in [-0.15, -0.1) is 6.58 Å². The van der Waals surface area contributed by atoms with Crippen LogP contribution in [0.4, 0.5) is 0 Å². The topological polar surface area (TPSA) is 0 Å². The molecular weight excluding hydrogens is 256 g/mol. The molecule has 0 saturated heterocycles. The van der Waals surface area contributed by atoms with Gasteiger partial charge in [-0.3, -0.25) is 0 Å². The third-order valence-corrected chi connectivity index (χ3v) is 4.24. The summed E-state index contributed by atoms with van der Waals surface area (Å²) in [5.41, 5.74) is 0. The monoisotopic (exact) mass is 262 g/mol. The molecule has 0 aliphatic heterocycles. The lowest BCUT2D eigenvalue weighted by molar-refractivity contribution is 0.934. The summed E-state index contributed by atoms with van der Waals surface area (Å²) in [5.74, 6) is 0. The predicted octanol–water partition coefficient (Wildman–Crippen LogP) is 3.20. The Morgan fingerprint density at radius 2 is 2.20 bits per heavy atom. The molecular formula is C8H8Br2. The Hall–Kier alpha value is 0.180. The van der Waals surface area contributed by atoms with Gasteiger partial charge in [0.25, 0.3) is 0 Å². The summed E-state index contributed by atoms with van der Waals surface area (Å²) in [4.78, 5) is 0.308. The number of halogens is 2. The van der Waals surface area contributed by atoms with Gasteiger partial charge in [-0.2, -0.15) is 0 Å². The minimum atomic E-state index is -0.0955. The van der Waals surface area contributed by atoms with Gasteiger partial charge >= 0.3 is 0 Å². The molecule has 0 heterocycles. The molecule has 0 radical (unpaired) electrons. The van der Waals surface area contributed by atoms with Crippen LogP contribution in [0.3, 0.4) is 0 Å². The summed E-state index contributed by atoms with van der Waals surface area (Å²) < 4.78 is -0.0955. The Morgan fingerprint density at radius 1 is 1.50 bits per heavy atom. The molecule has 0 nitrogen and oxygen atoms in total. The van der Waals surface area contributed by atoms with Crippen LogP contribution >= 0.6 is 31.9 Å². The molecule has 0 fully saturated rings. The van der Waals surface area contributed by atoms with Crippen LogP contribution in [0, 0.1) is 0 Å². The van der Waals surface area contributed by atoms with Crippen LogP contribution in [-0.4, -0.2) is 9.15 Å². The summed E-state index contributed by atoms with van der Waals surface area (Å²) in [7, 11) is 0. The van der Waals surface area contributed by atoms with Crippen LogP contribution in [0.5, 0.6) is 0 Å². The molecule has 0 aromatic heterocycles. The minimum absolute atomic E-state index is 0.0955. The molecule has 0 N–H and O–H groups in total. The quantitative estimate of drug-likeness (QED) is 0.504. The van der Waals surface area contributed by atoms with E-state index >= 15 is 0 Å². The molecule has 10 heavy (non-hydrogen) atoms. The fraction of sp³-hybridized carbons (Fsp3) is 0.250. The van der Waals surface area contributed by atoms with Crippen molar-refractivity contribution in [3.8, 4) is 0 Å². The van der Waals surface area contributed by atoms with Gasteiger partial charge in [0.2, 0.25) is 0 Å². The first-order chi connectivity index (χ1) is 4.69. The summed E-state index contributed by atoms with van der Waals surface area (Å²) in [5, 5.41) is 0. The van der Waals surface area contributed by atoms with E-state index in [1.807, 2.05) is 18.2 Å². The van der Waals surface area contributed by atoms with E-state index in [4.69, 9.17) is 0 Å². The average Bonchev–Trinajstić information content (AvgIpc) is 1.96. The van der Waals surface area contributed by atoms with E-state index in [2.05, 4.69) is 50.6 Å². The first-order valence-electron chi connectivity index (χ1n) is 3.01. The van der Waals surface area contributed by atoms with Crippen molar-refractivity contribution in [3.05, 3.63) is 37.0 Å². The van der Waals surface area contributed by atoms with Gasteiger partial charge in [0.15, 0.2) is 0 Å². The minimum Gasteiger partial charge on any atom is -0.101 e. The van der Waals surface area contributed by atoms with E-state index in [0.29, 0.717) is 4.83 Å². The molecule has 54 valence electrons. The van der Waals surface area contributed by atoms with Crippen LogP contribution in [-0.2, 0) is 0 Å². The molecule has 0 bridgehead atoms. The van der Waals surface area contributed by atoms with Gasteiger partial charge in [-0.05, 0) is 0 Å². The predicted molar refractivity (Wildman–Crippen MR) is 52.9 cm³/mol. The Bertz CT molecular complexity index is 193. The Morgan fingerprint density at radius 3 is 2.60 bits per heavy atom. The van der Waals surface area contributed by atoms with E-state index < -0.39 is 0 Å². The lowest BCUT2D eigenvalue weighted by atomic mass is 10.0. The smallest absolute Gasteiger partial charge is 0.0776 e. The van der Waals surface area contributed by atoms with Crippen LogP contribution in [0.25, 0.3) is 0 Å². The van der Waals surface area contributed by atoms with Crippen LogP contribution in [0.2, 0.25) is 0 Å². The SMILES string of the molecule is C=CC1(Br)C=CC=CC1Br. The van der Waals surface area contributed by atoms with E-state index in [-0.39, 0.29) is 4.32 Å².